The maximum absolute atomic E-state index is 6.15. The number of rotatable bonds is 4. The molecule has 0 aliphatic rings. The summed E-state index contributed by atoms with van der Waals surface area (Å²) < 4.78 is 0.896. The average molecular weight is 289 g/mol. The molecule has 0 amide bonds. The number of benzene rings is 1. The second-order valence-corrected chi connectivity index (χ2v) is 4.98. The Morgan fingerprint density at radius 2 is 2.27 bits per heavy atom. The van der Waals surface area contributed by atoms with Gasteiger partial charge in [0.25, 0.3) is 0 Å². The van der Waals surface area contributed by atoms with Crippen LogP contribution in [0.15, 0.2) is 34.8 Å². The first-order valence-electron chi connectivity index (χ1n) is 4.86. The molecule has 0 heterocycles. The molecule has 1 aromatic carbocycles. The van der Waals surface area contributed by atoms with Crippen LogP contribution in [0.1, 0.15) is 31.4 Å². The fraction of sp³-hybridized carbons (Fsp3) is 0.333. The fourth-order valence-electron chi connectivity index (χ4n) is 1.36. The van der Waals surface area contributed by atoms with E-state index >= 15 is 0 Å². The van der Waals surface area contributed by atoms with Crippen molar-refractivity contribution in [1.82, 2.24) is 0 Å². The van der Waals surface area contributed by atoms with Gasteiger partial charge in [0.15, 0.2) is 0 Å². The molecule has 1 nitrogen and oxygen atoms in total. The summed E-state index contributed by atoms with van der Waals surface area (Å²) >= 11 is 9.54. The van der Waals surface area contributed by atoms with Crippen LogP contribution in [-0.2, 0) is 0 Å². The Hall–Kier alpha value is -0.310. The van der Waals surface area contributed by atoms with E-state index in [1.807, 2.05) is 25.1 Å². The van der Waals surface area contributed by atoms with Crippen molar-refractivity contribution in [1.29, 1.82) is 0 Å². The summed E-state index contributed by atoms with van der Waals surface area (Å²) in [5.41, 5.74) is 8.21. The third-order valence-electron chi connectivity index (χ3n) is 2.26. The molecule has 3 heteroatoms. The highest BCUT2D eigenvalue weighted by Crippen LogP contribution is 2.31. The summed E-state index contributed by atoms with van der Waals surface area (Å²) in [5, 5.41) is 0.715. The van der Waals surface area contributed by atoms with Gasteiger partial charge in [0, 0.05) is 10.5 Å². The van der Waals surface area contributed by atoms with Gasteiger partial charge in [-0.1, -0.05) is 29.3 Å². The van der Waals surface area contributed by atoms with Crippen LogP contribution < -0.4 is 5.73 Å². The minimum atomic E-state index is -0.0216. The van der Waals surface area contributed by atoms with Gasteiger partial charge < -0.3 is 5.73 Å². The minimum Gasteiger partial charge on any atom is -0.324 e. The average Bonchev–Trinajstić information content (AvgIpc) is 2.18. The van der Waals surface area contributed by atoms with Crippen molar-refractivity contribution >= 4 is 27.5 Å². The fourth-order valence-corrected chi connectivity index (χ4v) is 2.01. The van der Waals surface area contributed by atoms with Gasteiger partial charge in [-0.15, -0.1) is 6.58 Å². The monoisotopic (exact) mass is 287 g/mol. The number of hydrogen-bond donors (Lipinski definition) is 1. The molecule has 0 fully saturated rings. The maximum Gasteiger partial charge on any atom is 0.0595 e. The largest absolute Gasteiger partial charge is 0.324 e. The van der Waals surface area contributed by atoms with E-state index in [2.05, 4.69) is 22.5 Å². The van der Waals surface area contributed by atoms with Gasteiger partial charge in [-0.2, -0.15) is 0 Å². The zero-order chi connectivity index (χ0) is 11.4. The summed E-state index contributed by atoms with van der Waals surface area (Å²) in [6.45, 7) is 5.87. The SMILES string of the molecule is C=C(C)CCC(N)c1cccc(Br)c1Cl. The van der Waals surface area contributed by atoms with Crippen molar-refractivity contribution in [3.05, 3.63) is 45.4 Å². The maximum atomic E-state index is 6.15. The zero-order valence-corrected chi connectivity index (χ0v) is 11.1. The number of halogens is 2. The predicted molar refractivity (Wildman–Crippen MR) is 70.1 cm³/mol. The van der Waals surface area contributed by atoms with E-state index in [1.165, 1.54) is 0 Å². The molecule has 1 aromatic rings. The number of allylic oxidation sites excluding steroid dienone is 1. The summed E-state index contributed by atoms with van der Waals surface area (Å²) in [4.78, 5) is 0. The van der Waals surface area contributed by atoms with Crippen molar-refractivity contribution < 1.29 is 0 Å². The zero-order valence-electron chi connectivity index (χ0n) is 8.76. The van der Waals surface area contributed by atoms with Crippen molar-refractivity contribution in [2.75, 3.05) is 0 Å². The lowest BCUT2D eigenvalue weighted by molar-refractivity contribution is 0.649. The van der Waals surface area contributed by atoms with E-state index in [4.69, 9.17) is 17.3 Å². The lowest BCUT2D eigenvalue weighted by Crippen LogP contribution is -2.10. The van der Waals surface area contributed by atoms with Crippen LogP contribution in [0.3, 0.4) is 0 Å². The van der Waals surface area contributed by atoms with Gasteiger partial charge in [0.05, 0.1) is 5.02 Å². The molecule has 0 aromatic heterocycles. The Labute approximate surface area is 104 Å². The third kappa shape index (κ3) is 3.63. The lowest BCUT2D eigenvalue weighted by Gasteiger charge is -2.14. The number of hydrogen-bond acceptors (Lipinski definition) is 1. The van der Waals surface area contributed by atoms with Gasteiger partial charge in [0.1, 0.15) is 0 Å². The highest BCUT2D eigenvalue weighted by Gasteiger charge is 2.11. The standard InChI is InChI=1S/C12H15BrClN/c1-8(2)6-7-11(15)9-4-3-5-10(13)12(9)14/h3-5,11H,1,6-7,15H2,2H3. The van der Waals surface area contributed by atoms with E-state index in [1.54, 1.807) is 0 Å². The van der Waals surface area contributed by atoms with E-state index in [0.717, 1.165) is 28.5 Å². The van der Waals surface area contributed by atoms with Crippen LogP contribution in [-0.4, -0.2) is 0 Å². The smallest absolute Gasteiger partial charge is 0.0595 e. The first kappa shape index (κ1) is 12.8. The van der Waals surface area contributed by atoms with Crippen molar-refractivity contribution in [2.24, 2.45) is 5.73 Å². The second kappa shape index (κ2) is 5.69. The topological polar surface area (TPSA) is 26.0 Å². The first-order valence-corrected chi connectivity index (χ1v) is 6.03. The third-order valence-corrected chi connectivity index (χ3v) is 3.57. The second-order valence-electron chi connectivity index (χ2n) is 3.75. The van der Waals surface area contributed by atoms with Gasteiger partial charge >= 0.3 is 0 Å². The Morgan fingerprint density at radius 1 is 1.60 bits per heavy atom. The van der Waals surface area contributed by atoms with Crippen molar-refractivity contribution in [3.63, 3.8) is 0 Å². The predicted octanol–water partition coefficient (Wildman–Crippen LogP) is 4.46. The van der Waals surface area contributed by atoms with Crippen LogP contribution >= 0.6 is 27.5 Å². The van der Waals surface area contributed by atoms with Crippen LogP contribution in [0.25, 0.3) is 0 Å². The van der Waals surface area contributed by atoms with Crippen LogP contribution in [0.5, 0.6) is 0 Å². The molecule has 0 aliphatic carbocycles. The van der Waals surface area contributed by atoms with Gasteiger partial charge in [0.2, 0.25) is 0 Å². The molecule has 15 heavy (non-hydrogen) atoms. The molecule has 0 saturated carbocycles. The molecule has 0 spiro atoms. The normalized spacial score (nSPS) is 12.5. The van der Waals surface area contributed by atoms with Crippen molar-refractivity contribution in [2.45, 2.75) is 25.8 Å². The summed E-state index contributed by atoms with van der Waals surface area (Å²) in [6, 6.07) is 5.81. The van der Waals surface area contributed by atoms with Crippen LogP contribution in [0.4, 0.5) is 0 Å². The van der Waals surface area contributed by atoms with Crippen LogP contribution in [0.2, 0.25) is 5.02 Å². The molecule has 1 rings (SSSR count). The molecule has 0 radical (unpaired) electrons. The lowest BCUT2D eigenvalue weighted by atomic mass is 10.0. The van der Waals surface area contributed by atoms with E-state index in [0.29, 0.717) is 5.02 Å². The Morgan fingerprint density at radius 3 is 2.87 bits per heavy atom. The molecular formula is C12H15BrClN. The van der Waals surface area contributed by atoms with Gasteiger partial charge in [-0.05, 0) is 47.3 Å². The van der Waals surface area contributed by atoms with E-state index in [-0.39, 0.29) is 6.04 Å². The molecule has 82 valence electrons. The summed E-state index contributed by atoms with van der Waals surface area (Å²) in [6.07, 6.45) is 1.81. The summed E-state index contributed by atoms with van der Waals surface area (Å²) in [5.74, 6) is 0. The molecule has 1 unspecified atom stereocenters. The van der Waals surface area contributed by atoms with E-state index in [9.17, 15) is 0 Å². The highest BCUT2D eigenvalue weighted by molar-refractivity contribution is 9.10. The Balaban J connectivity index is 2.77. The van der Waals surface area contributed by atoms with Crippen LogP contribution in [0, 0.1) is 0 Å². The molecule has 1 atom stereocenters. The van der Waals surface area contributed by atoms with Gasteiger partial charge in [-0.25, -0.2) is 0 Å². The first-order chi connectivity index (χ1) is 7.02. The minimum absolute atomic E-state index is 0.0216. The Kier molecular flexibility index (Phi) is 4.84. The Bertz CT molecular complexity index is 363. The molecule has 0 bridgehead atoms. The van der Waals surface area contributed by atoms with Crippen molar-refractivity contribution in [3.8, 4) is 0 Å². The summed E-state index contributed by atoms with van der Waals surface area (Å²) in [7, 11) is 0. The molecule has 2 N–H and O–H groups in total. The quantitative estimate of drug-likeness (QED) is 0.813. The van der Waals surface area contributed by atoms with Gasteiger partial charge in [-0.3, -0.25) is 0 Å². The molecule has 0 aliphatic heterocycles. The molecular weight excluding hydrogens is 273 g/mol. The molecule has 0 saturated heterocycles. The number of nitrogens with two attached hydrogens (primary N) is 1. The van der Waals surface area contributed by atoms with E-state index < -0.39 is 0 Å². The highest BCUT2D eigenvalue weighted by atomic mass is 79.9.